The van der Waals surface area contributed by atoms with E-state index in [1.165, 1.54) is 11.3 Å². The second-order valence-corrected chi connectivity index (χ2v) is 8.27. The van der Waals surface area contributed by atoms with Gasteiger partial charge in [-0.25, -0.2) is 4.68 Å². The molecule has 1 fully saturated rings. The average Bonchev–Trinajstić information content (AvgIpc) is 3.06. The van der Waals surface area contributed by atoms with Crippen LogP contribution in [-0.2, 0) is 11.3 Å². The summed E-state index contributed by atoms with van der Waals surface area (Å²) in [5.74, 6) is 0.00876. The van der Waals surface area contributed by atoms with E-state index in [4.69, 9.17) is 11.6 Å². The van der Waals surface area contributed by atoms with Crippen molar-refractivity contribution in [1.82, 2.24) is 14.7 Å². The summed E-state index contributed by atoms with van der Waals surface area (Å²) in [4.78, 5) is 16.9. The number of nitrogens with zero attached hydrogens (tertiary/aromatic N) is 4. The third kappa shape index (κ3) is 5.00. The summed E-state index contributed by atoms with van der Waals surface area (Å²) < 4.78 is 1.78. The number of para-hydroxylation sites is 1. The molecule has 0 aliphatic carbocycles. The molecule has 31 heavy (non-hydrogen) atoms. The zero-order valence-electron chi connectivity index (χ0n) is 18.0. The summed E-state index contributed by atoms with van der Waals surface area (Å²) in [5, 5.41) is 5.12. The molecule has 1 saturated heterocycles. The highest BCUT2D eigenvalue weighted by Gasteiger charge is 2.20. The molecule has 0 radical (unpaired) electrons. The summed E-state index contributed by atoms with van der Waals surface area (Å²) in [6.07, 6.45) is 3.41. The van der Waals surface area contributed by atoms with Gasteiger partial charge in [0, 0.05) is 43.5 Å². The van der Waals surface area contributed by atoms with E-state index in [-0.39, 0.29) is 5.91 Å². The number of aryl methyl sites for hydroxylation is 2. The maximum absolute atomic E-state index is 12.7. The highest BCUT2D eigenvalue weighted by atomic mass is 35.5. The van der Waals surface area contributed by atoms with Crippen LogP contribution in [0.3, 0.4) is 0 Å². The zero-order chi connectivity index (χ0) is 21.8. The van der Waals surface area contributed by atoms with E-state index in [0.29, 0.717) is 24.8 Å². The number of carbonyl (C=O) groups is 1. The van der Waals surface area contributed by atoms with Crippen LogP contribution >= 0.6 is 11.6 Å². The smallest absolute Gasteiger partial charge is 0.246 e. The SMILES string of the molecule is Cc1ccc(Cn2nc(C)c(/C=C/C(=O)N3CCN(c4ccccc4)CC3)c2Cl)cc1. The number of rotatable bonds is 5. The first kappa shape index (κ1) is 21.2. The molecule has 5 nitrogen and oxygen atoms in total. The lowest BCUT2D eigenvalue weighted by atomic mass is 10.1. The predicted octanol–water partition coefficient (Wildman–Crippen LogP) is 4.56. The fourth-order valence-electron chi connectivity index (χ4n) is 3.81. The van der Waals surface area contributed by atoms with Gasteiger partial charge in [-0.15, -0.1) is 0 Å². The third-order valence-electron chi connectivity index (χ3n) is 5.67. The summed E-state index contributed by atoms with van der Waals surface area (Å²) >= 11 is 6.58. The van der Waals surface area contributed by atoms with Crippen LogP contribution < -0.4 is 4.90 Å². The summed E-state index contributed by atoms with van der Waals surface area (Å²) in [7, 11) is 0. The van der Waals surface area contributed by atoms with E-state index in [2.05, 4.69) is 53.3 Å². The molecule has 0 bridgehead atoms. The van der Waals surface area contributed by atoms with Crippen molar-refractivity contribution < 1.29 is 4.79 Å². The van der Waals surface area contributed by atoms with Gasteiger partial charge in [-0.2, -0.15) is 5.10 Å². The van der Waals surface area contributed by atoms with E-state index in [0.717, 1.165) is 29.9 Å². The fraction of sp³-hybridized carbons (Fsp3) is 0.280. The highest BCUT2D eigenvalue weighted by molar-refractivity contribution is 6.31. The maximum Gasteiger partial charge on any atom is 0.246 e. The number of anilines is 1. The Morgan fingerprint density at radius 3 is 2.35 bits per heavy atom. The van der Waals surface area contributed by atoms with Crippen LogP contribution in [0.2, 0.25) is 5.15 Å². The summed E-state index contributed by atoms with van der Waals surface area (Å²) in [6.45, 7) is 7.66. The minimum atomic E-state index is 0.00876. The Hall–Kier alpha value is -3.05. The maximum atomic E-state index is 12.7. The van der Waals surface area contributed by atoms with Crippen LogP contribution in [0, 0.1) is 13.8 Å². The minimum Gasteiger partial charge on any atom is -0.368 e. The Bertz CT molecular complexity index is 1060. The van der Waals surface area contributed by atoms with E-state index in [9.17, 15) is 4.79 Å². The van der Waals surface area contributed by atoms with Crippen molar-refractivity contribution in [2.45, 2.75) is 20.4 Å². The molecule has 0 atom stereocenters. The van der Waals surface area contributed by atoms with Crippen LogP contribution in [0.1, 0.15) is 22.4 Å². The molecule has 0 N–H and O–H groups in total. The Kier molecular flexibility index (Phi) is 6.42. The lowest BCUT2D eigenvalue weighted by Gasteiger charge is -2.35. The van der Waals surface area contributed by atoms with Gasteiger partial charge in [0.2, 0.25) is 5.91 Å². The molecule has 3 aromatic rings. The Labute approximate surface area is 188 Å². The summed E-state index contributed by atoms with van der Waals surface area (Å²) in [6, 6.07) is 18.6. The van der Waals surface area contributed by atoms with Crippen molar-refractivity contribution in [3.8, 4) is 0 Å². The third-order valence-corrected chi connectivity index (χ3v) is 6.07. The number of carbonyl (C=O) groups excluding carboxylic acids is 1. The number of benzene rings is 2. The molecule has 0 saturated carbocycles. The number of hydrogen-bond donors (Lipinski definition) is 0. The van der Waals surface area contributed by atoms with E-state index < -0.39 is 0 Å². The van der Waals surface area contributed by atoms with Gasteiger partial charge >= 0.3 is 0 Å². The van der Waals surface area contributed by atoms with Crippen LogP contribution in [0.4, 0.5) is 5.69 Å². The van der Waals surface area contributed by atoms with Gasteiger partial charge in [-0.3, -0.25) is 4.79 Å². The quantitative estimate of drug-likeness (QED) is 0.552. The Balaban J connectivity index is 1.39. The molecule has 4 rings (SSSR count). The molecule has 1 aliphatic rings. The van der Waals surface area contributed by atoms with Crippen LogP contribution in [0.25, 0.3) is 6.08 Å². The molecule has 2 aromatic carbocycles. The van der Waals surface area contributed by atoms with Crippen molar-refractivity contribution in [2.75, 3.05) is 31.1 Å². The van der Waals surface area contributed by atoms with Gasteiger partial charge < -0.3 is 9.80 Å². The van der Waals surface area contributed by atoms with Gasteiger partial charge in [0.05, 0.1) is 12.2 Å². The van der Waals surface area contributed by atoms with Crippen LogP contribution in [0.5, 0.6) is 0 Å². The van der Waals surface area contributed by atoms with Crippen molar-refractivity contribution in [1.29, 1.82) is 0 Å². The molecule has 2 heterocycles. The standard InChI is InChI=1S/C25H27ClN4O/c1-19-8-10-21(11-9-19)18-30-25(26)23(20(2)27-30)12-13-24(31)29-16-14-28(15-17-29)22-6-4-3-5-7-22/h3-13H,14-18H2,1-2H3/b13-12+. The first-order valence-corrected chi connectivity index (χ1v) is 10.9. The molecule has 1 amide bonds. The monoisotopic (exact) mass is 434 g/mol. The van der Waals surface area contributed by atoms with Crippen molar-refractivity contribution in [2.24, 2.45) is 0 Å². The van der Waals surface area contributed by atoms with E-state index >= 15 is 0 Å². The Morgan fingerprint density at radius 2 is 1.68 bits per heavy atom. The van der Waals surface area contributed by atoms with Crippen molar-refractivity contribution in [3.05, 3.63) is 88.2 Å². The summed E-state index contributed by atoms with van der Waals surface area (Å²) in [5.41, 5.74) is 5.17. The van der Waals surface area contributed by atoms with Gasteiger partial charge in [0.15, 0.2) is 0 Å². The molecule has 1 aliphatic heterocycles. The van der Waals surface area contributed by atoms with Gasteiger partial charge in [0.1, 0.15) is 5.15 Å². The molecular weight excluding hydrogens is 408 g/mol. The first-order chi connectivity index (χ1) is 15.0. The first-order valence-electron chi connectivity index (χ1n) is 10.6. The molecule has 160 valence electrons. The number of halogens is 1. The van der Waals surface area contributed by atoms with Crippen LogP contribution in [-0.4, -0.2) is 46.8 Å². The topological polar surface area (TPSA) is 41.4 Å². The molecular formula is C25H27ClN4O. The fourth-order valence-corrected chi connectivity index (χ4v) is 4.11. The lowest BCUT2D eigenvalue weighted by molar-refractivity contribution is -0.126. The van der Waals surface area contributed by atoms with Gasteiger partial charge in [0.25, 0.3) is 0 Å². The number of hydrogen-bond acceptors (Lipinski definition) is 3. The normalized spacial score (nSPS) is 14.4. The minimum absolute atomic E-state index is 0.00876. The highest BCUT2D eigenvalue weighted by Crippen LogP contribution is 2.23. The zero-order valence-corrected chi connectivity index (χ0v) is 18.7. The van der Waals surface area contributed by atoms with Crippen LogP contribution in [0.15, 0.2) is 60.7 Å². The second-order valence-electron chi connectivity index (χ2n) is 7.91. The lowest BCUT2D eigenvalue weighted by Crippen LogP contribution is -2.48. The predicted molar refractivity (Wildman–Crippen MR) is 127 cm³/mol. The number of amides is 1. The average molecular weight is 435 g/mol. The second kappa shape index (κ2) is 9.40. The molecule has 1 aromatic heterocycles. The van der Waals surface area contributed by atoms with Crippen molar-refractivity contribution >= 4 is 29.3 Å². The molecule has 6 heteroatoms. The largest absolute Gasteiger partial charge is 0.368 e. The van der Waals surface area contributed by atoms with Crippen molar-refractivity contribution in [3.63, 3.8) is 0 Å². The van der Waals surface area contributed by atoms with Gasteiger partial charge in [-0.05, 0) is 37.6 Å². The van der Waals surface area contributed by atoms with E-state index in [1.54, 1.807) is 16.8 Å². The Morgan fingerprint density at radius 1 is 1.00 bits per heavy atom. The van der Waals surface area contributed by atoms with Gasteiger partial charge in [-0.1, -0.05) is 59.6 Å². The number of piperazine rings is 1. The molecule has 0 spiro atoms. The van der Waals surface area contributed by atoms with E-state index in [1.807, 2.05) is 30.0 Å². The molecule has 0 unspecified atom stereocenters. The number of aromatic nitrogens is 2.